The zero-order valence-corrected chi connectivity index (χ0v) is 18.7. The molecular formula is C23H26N2O5S. The number of aryl methyl sites for hydroxylation is 2. The van der Waals surface area contributed by atoms with E-state index in [-0.39, 0.29) is 12.0 Å². The molecule has 0 saturated carbocycles. The number of hydrogen-bond acceptors (Lipinski definition) is 7. The van der Waals surface area contributed by atoms with Gasteiger partial charge in [-0.1, -0.05) is 6.07 Å². The summed E-state index contributed by atoms with van der Waals surface area (Å²) in [6.45, 7) is 5.38. The number of rotatable bonds is 8. The topological polar surface area (TPSA) is 82.8 Å². The molecule has 1 aromatic carbocycles. The molecule has 7 nitrogen and oxygen atoms in total. The van der Waals surface area contributed by atoms with Crippen LogP contribution in [0.15, 0.2) is 34.7 Å². The van der Waals surface area contributed by atoms with Gasteiger partial charge in [0.05, 0.1) is 18.9 Å². The number of furan rings is 1. The van der Waals surface area contributed by atoms with E-state index in [1.54, 1.807) is 7.11 Å². The number of carbonyl (C=O) groups is 1. The Kier molecular flexibility index (Phi) is 6.58. The lowest BCUT2D eigenvalue weighted by atomic mass is 10.2. The monoisotopic (exact) mass is 442 g/mol. The first-order valence-electron chi connectivity index (χ1n) is 10.3. The molecule has 1 saturated heterocycles. The Hall–Kier alpha value is -2.84. The Morgan fingerprint density at radius 2 is 2.13 bits per heavy atom. The Labute approximate surface area is 185 Å². The normalized spacial score (nSPS) is 15.8. The van der Waals surface area contributed by atoms with Gasteiger partial charge in [-0.3, -0.25) is 4.79 Å². The molecule has 1 amide bonds. The molecule has 3 aromatic rings. The lowest BCUT2D eigenvalue weighted by Crippen LogP contribution is -2.22. The lowest BCUT2D eigenvalue weighted by molar-refractivity contribution is 0.0669. The summed E-state index contributed by atoms with van der Waals surface area (Å²) in [5, 5.41) is 3.66. The Morgan fingerprint density at radius 3 is 2.84 bits per heavy atom. The van der Waals surface area contributed by atoms with Gasteiger partial charge in [0, 0.05) is 13.2 Å². The number of carbonyl (C=O) groups excluding carboxylic acids is 1. The van der Waals surface area contributed by atoms with Crippen LogP contribution in [0.25, 0.3) is 10.8 Å². The Morgan fingerprint density at radius 1 is 1.26 bits per heavy atom. The molecule has 0 radical (unpaired) electrons. The highest BCUT2D eigenvalue weighted by atomic mass is 32.1. The van der Waals surface area contributed by atoms with E-state index in [2.05, 4.69) is 10.3 Å². The number of methoxy groups -OCH3 is 1. The van der Waals surface area contributed by atoms with Crippen LogP contribution in [0.3, 0.4) is 0 Å². The van der Waals surface area contributed by atoms with Gasteiger partial charge >= 0.3 is 0 Å². The van der Waals surface area contributed by atoms with Crippen LogP contribution in [0.2, 0.25) is 0 Å². The van der Waals surface area contributed by atoms with Gasteiger partial charge in [0.2, 0.25) is 0 Å². The first-order chi connectivity index (χ1) is 15.0. The van der Waals surface area contributed by atoms with Crippen LogP contribution >= 0.6 is 11.3 Å². The zero-order chi connectivity index (χ0) is 21.8. The minimum Gasteiger partial charge on any atom is -0.493 e. The smallest absolute Gasteiger partial charge is 0.263 e. The van der Waals surface area contributed by atoms with Crippen molar-refractivity contribution in [3.8, 4) is 22.3 Å². The van der Waals surface area contributed by atoms with Crippen molar-refractivity contribution in [2.45, 2.75) is 39.3 Å². The number of nitrogens with one attached hydrogen (secondary N) is 1. The zero-order valence-electron chi connectivity index (χ0n) is 17.9. The molecule has 164 valence electrons. The van der Waals surface area contributed by atoms with Gasteiger partial charge in [-0.05, 0) is 56.5 Å². The quantitative estimate of drug-likeness (QED) is 0.552. The summed E-state index contributed by atoms with van der Waals surface area (Å²) in [5.74, 6) is 2.63. The van der Waals surface area contributed by atoms with Crippen LogP contribution in [0.5, 0.6) is 11.5 Å². The fourth-order valence-electron chi connectivity index (χ4n) is 3.42. The summed E-state index contributed by atoms with van der Waals surface area (Å²) in [6, 6.07) is 9.41. The van der Waals surface area contributed by atoms with E-state index in [1.807, 2.05) is 44.2 Å². The lowest BCUT2D eigenvalue weighted by Gasteiger charge is -2.15. The highest BCUT2D eigenvalue weighted by Crippen LogP contribution is 2.30. The fourth-order valence-corrected chi connectivity index (χ4v) is 4.37. The van der Waals surface area contributed by atoms with Gasteiger partial charge in [-0.2, -0.15) is 0 Å². The first-order valence-corrected chi connectivity index (χ1v) is 11.1. The second-order valence-electron chi connectivity index (χ2n) is 7.46. The van der Waals surface area contributed by atoms with Gasteiger partial charge in [0.25, 0.3) is 5.91 Å². The van der Waals surface area contributed by atoms with Gasteiger partial charge < -0.3 is 23.9 Å². The molecule has 0 spiro atoms. The van der Waals surface area contributed by atoms with Crippen molar-refractivity contribution in [3.63, 3.8) is 0 Å². The van der Waals surface area contributed by atoms with Gasteiger partial charge in [-0.15, -0.1) is 11.3 Å². The maximum Gasteiger partial charge on any atom is 0.263 e. The third kappa shape index (κ3) is 5.08. The van der Waals surface area contributed by atoms with Crippen molar-refractivity contribution in [2.75, 3.05) is 20.3 Å². The van der Waals surface area contributed by atoms with E-state index in [0.717, 1.165) is 30.8 Å². The number of nitrogens with zero attached hydrogens (tertiary/aromatic N) is 1. The van der Waals surface area contributed by atoms with Crippen molar-refractivity contribution >= 4 is 17.2 Å². The third-order valence-corrected chi connectivity index (χ3v) is 6.25. The van der Waals surface area contributed by atoms with E-state index < -0.39 is 0 Å². The largest absolute Gasteiger partial charge is 0.493 e. The molecule has 2 aromatic heterocycles. The summed E-state index contributed by atoms with van der Waals surface area (Å²) < 4.78 is 22.6. The van der Waals surface area contributed by atoms with Crippen molar-refractivity contribution in [2.24, 2.45) is 0 Å². The second kappa shape index (κ2) is 9.53. The number of benzene rings is 1. The maximum atomic E-state index is 12.7. The van der Waals surface area contributed by atoms with Crippen LogP contribution in [0, 0.1) is 13.8 Å². The summed E-state index contributed by atoms with van der Waals surface area (Å²) >= 11 is 1.32. The molecule has 1 aliphatic heterocycles. The Bertz CT molecular complexity index is 1050. The predicted octanol–water partition coefficient (Wildman–Crippen LogP) is 4.52. The molecule has 0 aliphatic carbocycles. The molecule has 1 atom stereocenters. The van der Waals surface area contributed by atoms with Crippen molar-refractivity contribution in [1.29, 1.82) is 0 Å². The average Bonchev–Trinajstić information content (AvgIpc) is 3.52. The van der Waals surface area contributed by atoms with Gasteiger partial charge in [-0.25, -0.2) is 4.98 Å². The van der Waals surface area contributed by atoms with Crippen LogP contribution in [-0.2, 0) is 11.3 Å². The van der Waals surface area contributed by atoms with E-state index in [0.29, 0.717) is 46.0 Å². The molecule has 8 heteroatoms. The second-order valence-corrected chi connectivity index (χ2v) is 8.46. The van der Waals surface area contributed by atoms with Crippen LogP contribution in [0.1, 0.15) is 39.5 Å². The van der Waals surface area contributed by atoms with E-state index in [1.165, 1.54) is 11.3 Å². The first kappa shape index (κ1) is 21.4. The van der Waals surface area contributed by atoms with Crippen molar-refractivity contribution in [3.05, 3.63) is 52.2 Å². The molecule has 1 N–H and O–H groups in total. The van der Waals surface area contributed by atoms with Crippen molar-refractivity contribution < 1.29 is 23.4 Å². The molecule has 1 fully saturated rings. The summed E-state index contributed by atoms with van der Waals surface area (Å²) in [4.78, 5) is 17.8. The van der Waals surface area contributed by atoms with Crippen LogP contribution in [-0.4, -0.2) is 37.3 Å². The summed E-state index contributed by atoms with van der Waals surface area (Å²) in [6.07, 6.45) is 2.23. The SMILES string of the molecule is COc1cc(CNC(=O)c2sc(-c3ccc(C)o3)nc2C)ccc1OCC1CCCO1. The summed E-state index contributed by atoms with van der Waals surface area (Å²) in [5.41, 5.74) is 1.60. The van der Waals surface area contributed by atoms with E-state index >= 15 is 0 Å². The minimum absolute atomic E-state index is 0.140. The number of hydrogen-bond donors (Lipinski definition) is 1. The number of thiazole rings is 1. The van der Waals surface area contributed by atoms with E-state index in [9.17, 15) is 4.79 Å². The molecule has 0 bridgehead atoms. The average molecular weight is 443 g/mol. The van der Waals surface area contributed by atoms with Crippen LogP contribution < -0.4 is 14.8 Å². The number of ether oxygens (including phenoxy) is 3. The molecule has 4 rings (SSSR count). The van der Waals surface area contributed by atoms with Crippen LogP contribution in [0.4, 0.5) is 0 Å². The molecule has 3 heterocycles. The van der Waals surface area contributed by atoms with Gasteiger partial charge in [0.1, 0.15) is 17.2 Å². The maximum absolute atomic E-state index is 12.7. The third-order valence-electron chi connectivity index (χ3n) is 5.08. The Balaban J connectivity index is 1.38. The fraction of sp³-hybridized carbons (Fsp3) is 0.391. The molecule has 1 aliphatic rings. The number of amides is 1. The standard InChI is InChI=1S/C23H26N2O5S/c1-14-6-8-19(30-14)23-25-15(2)21(31-23)22(26)24-12-16-7-9-18(20(11-16)27-3)29-13-17-5-4-10-28-17/h6-9,11,17H,4-5,10,12-13H2,1-3H3,(H,24,26). The van der Waals surface area contributed by atoms with Gasteiger partial charge in [0.15, 0.2) is 22.3 Å². The highest BCUT2D eigenvalue weighted by Gasteiger charge is 2.19. The molecular weight excluding hydrogens is 416 g/mol. The van der Waals surface area contributed by atoms with Crippen molar-refractivity contribution in [1.82, 2.24) is 10.3 Å². The van der Waals surface area contributed by atoms with E-state index in [4.69, 9.17) is 18.6 Å². The molecule has 31 heavy (non-hydrogen) atoms. The summed E-state index contributed by atoms with van der Waals surface area (Å²) in [7, 11) is 1.61. The minimum atomic E-state index is -0.165. The highest BCUT2D eigenvalue weighted by molar-refractivity contribution is 7.17. The predicted molar refractivity (Wildman–Crippen MR) is 118 cm³/mol. The molecule has 1 unspecified atom stereocenters. The number of aromatic nitrogens is 1.